The van der Waals surface area contributed by atoms with Gasteiger partial charge in [0.1, 0.15) is 11.7 Å². The molecule has 1 atom stereocenters. The van der Waals surface area contributed by atoms with E-state index in [0.717, 1.165) is 18.8 Å². The normalized spacial score (nSPS) is 12.3. The second-order valence-corrected chi connectivity index (χ2v) is 5.84. The first-order chi connectivity index (χ1) is 11.9. The van der Waals surface area contributed by atoms with Crippen LogP contribution in [0.5, 0.6) is 0 Å². The van der Waals surface area contributed by atoms with Crippen LogP contribution in [0.2, 0.25) is 0 Å². The number of nitrogens with one attached hydrogen (secondary N) is 1. The van der Waals surface area contributed by atoms with Gasteiger partial charge in [0.05, 0.1) is 0 Å². The number of alkyl halides is 2. The number of hydrogen-bond donors (Lipinski definition) is 1. The molecule has 136 valence electrons. The quantitative estimate of drug-likeness (QED) is 0.815. The molecule has 1 aromatic heterocycles. The van der Waals surface area contributed by atoms with Crippen LogP contribution in [0.3, 0.4) is 0 Å². The number of anilines is 2. The van der Waals surface area contributed by atoms with Crippen LogP contribution in [-0.2, 0) is 4.79 Å². The van der Waals surface area contributed by atoms with Crippen molar-refractivity contribution in [2.24, 2.45) is 0 Å². The smallest absolute Gasteiger partial charge is 0.282 e. The number of carbonyl (C=O) groups excluding carboxylic acids is 1. The molecule has 2 aromatic rings. The summed E-state index contributed by atoms with van der Waals surface area (Å²) in [7, 11) is 0. The van der Waals surface area contributed by atoms with E-state index in [-0.39, 0.29) is 11.6 Å². The Hall–Kier alpha value is -2.44. The van der Waals surface area contributed by atoms with Crippen molar-refractivity contribution in [1.29, 1.82) is 0 Å². The summed E-state index contributed by atoms with van der Waals surface area (Å²) >= 11 is 0. The zero-order valence-electron chi connectivity index (χ0n) is 15.0. The molecule has 1 unspecified atom stereocenters. The number of hydrogen-bond acceptors (Lipinski definition) is 3. The molecule has 0 spiro atoms. The molecule has 0 bridgehead atoms. The second-order valence-electron chi connectivity index (χ2n) is 5.84. The Labute approximate surface area is 146 Å². The molecule has 25 heavy (non-hydrogen) atoms. The summed E-state index contributed by atoms with van der Waals surface area (Å²) in [6, 6.07) is 8.17. The van der Waals surface area contributed by atoms with E-state index in [0.29, 0.717) is 11.4 Å². The highest BCUT2D eigenvalue weighted by molar-refractivity contribution is 5.93. The number of benzene rings is 1. The van der Waals surface area contributed by atoms with Crippen LogP contribution in [0.15, 0.2) is 30.3 Å². The molecule has 0 saturated heterocycles. The Morgan fingerprint density at radius 3 is 2.32 bits per heavy atom. The lowest BCUT2D eigenvalue weighted by molar-refractivity contribution is -0.119. The molecule has 1 aromatic carbocycles. The topological polar surface area (TPSA) is 50.2 Å². The third-order valence-corrected chi connectivity index (χ3v) is 4.17. The highest BCUT2D eigenvalue weighted by Crippen LogP contribution is 2.22. The van der Waals surface area contributed by atoms with Gasteiger partial charge in [-0.15, -0.1) is 0 Å². The van der Waals surface area contributed by atoms with Crippen molar-refractivity contribution in [2.75, 3.05) is 23.3 Å². The van der Waals surface area contributed by atoms with E-state index in [9.17, 15) is 13.6 Å². The summed E-state index contributed by atoms with van der Waals surface area (Å²) in [5.41, 5.74) is 1.95. The molecule has 2 rings (SSSR count). The van der Waals surface area contributed by atoms with Crippen LogP contribution in [0.25, 0.3) is 0 Å². The molecule has 1 amide bonds. The summed E-state index contributed by atoms with van der Waals surface area (Å²) in [5, 5.41) is 6.63. The van der Waals surface area contributed by atoms with Gasteiger partial charge < -0.3 is 10.2 Å². The van der Waals surface area contributed by atoms with Crippen molar-refractivity contribution in [2.45, 2.75) is 40.2 Å². The van der Waals surface area contributed by atoms with Crippen LogP contribution in [0, 0.1) is 6.92 Å². The number of nitrogens with zero attached hydrogens (tertiary/aromatic N) is 3. The molecule has 0 saturated carbocycles. The minimum atomic E-state index is -2.65. The minimum Gasteiger partial charge on any atom is -0.372 e. The predicted octanol–water partition coefficient (Wildman–Crippen LogP) is 4.18. The number of halogens is 2. The lowest BCUT2D eigenvalue weighted by atomic mass is 10.2. The summed E-state index contributed by atoms with van der Waals surface area (Å²) in [6.07, 6.45) is -2.65. The van der Waals surface area contributed by atoms with Gasteiger partial charge >= 0.3 is 0 Å². The fourth-order valence-electron chi connectivity index (χ4n) is 2.71. The van der Waals surface area contributed by atoms with Crippen LogP contribution in [0.4, 0.5) is 20.2 Å². The van der Waals surface area contributed by atoms with Crippen molar-refractivity contribution in [3.63, 3.8) is 0 Å². The molecule has 1 N–H and O–H groups in total. The van der Waals surface area contributed by atoms with Gasteiger partial charge in [0, 0.05) is 30.2 Å². The van der Waals surface area contributed by atoms with Crippen LogP contribution < -0.4 is 10.2 Å². The number of amides is 1. The lowest BCUT2D eigenvalue weighted by Gasteiger charge is -2.21. The van der Waals surface area contributed by atoms with Crippen molar-refractivity contribution >= 4 is 17.3 Å². The lowest BCUT2D eigenvalue weighted by Crippen LogP contribution is -2.25. The first kappa shape index (κ1) is 18.9. The van der Waals surface area contributed by atoms with Crippen LogP contribution >= 0.6 is 0 Å². The summed E-state index contributed by atoms with van der Waals surface area (Å²) in [4.78, 5) is 14.6. The third kappa shape index (κ3) is 4.35. The Bertz CT molecular complexity index is 708. The van der Waals surface area contributed by atoms with E-state index in [1.54, 1.807) is 13.8 Å². The SMILES string of the molecule is CCN(CC)c1ccc(NC(=O)C(C)n2nc(C(F)F)cc2C)cc1. The maximum Gasteiger partial charge on any atom is 0.282 e. The largest absolute Gasteiger partial charge is 0.372 e. The van der Waals surface area contributed by atoms with Crippen LogP contribution in [-0.4, -0.2) is 28.8 Å². The number of aromatic nitrogens is 2. The number of aryl methyl sites for hydroxylation is 1. The monoisotopic (exact) mass is 350 g/mol. The fourth-order valence-corrected chi connectivity index (χ4v) is 2.71. The Balaban J connectivity index is 2.08. The Morgan fingerprint density at radius 1 is 1.24 bits per heavy atom. The molecule has 0 fully saturated rings. The maximum absolute atomic E-state index is 12.8. The molecule has 0 aliphatic heterocycles. The zero-order chi connectivity index (χ0) is 18.6. The molecule has 0 radical (unpaired) electrons. The van der Waals surface area contributed by atoms with Crippen molar-refractivity contribution in [1.82, 2.24) is 9.78 Å². The van der Waals surface area contributed by atoms with Crippen LogP contribution in [0.1, 0.15) is 44.6 Å². The average Bonchev–Trinajstić information content (AvgIpc) is 2.99. The summed E-state index contributed by atoms with van der Waals surface area (Å²) in [5.74, 6) is -0.303. The van der Waals surface area contributed by atoms with Gasteiger partial charge in [-0.3, -0.25) is 9.48 Å². The fraction of sp³-hybridized carbons (Fsp3) is 0.444. The number of rotatable bonds is 7. The highest BCUT2D eigenvalue weighted by atomic mass is 19.3. The van der Waals surface area contributed by atoms with Gasteiger partial charge in [0.15, 0.2) is 0 Å². The van der Waals surface area contributed by atoms with Crippen molar-refractivity contribution in [3.05, 3.63) is 41.7 Å². The molecule has 0 aliphatic carbocycles. The molecular weight excluding hydrogens is 326 g/mol. The zero-order valence-corrected chi connectivity index (χ0v) is 15.0. The van der Waals surface area contributed by atoms with Crippen molar-refractivity contribution < 1.29 is 13.6 Å². The Morgan fingerprint density at radius 2 is 1.84 bits per heavy atom. The van der Waals surface area contributed by atoms with E-state index < -0.39 is 12.5 Å². The second kappa shape index (κ2) is 8.09. The summed E-state index contributed by atoms with van der Waals surface area (Å²) < 4.78 is 26.8. The minimum absolute atomic E-state index is 0.303. The third-order valence-electron chi connectivity index (χ3n) is 4.17. The van der Waals surface area contributed by atoms with Gasteiger partial charge in [-0.1, -0.05) is 0 Å². The van der Waals surface area contributed by atoms with Gasteiger partial charge in [-0.25, -0.2) is 8.78 Å². The molecule has 5 nitrogen and oxygen atoms in total. The van der Waals surface area contributed by atoms with Crippen molar-refractivity contribution in [3.8, 4) is 0 Å². The first-order valence-corrected chi connectivity index (χ1v) is 8.37. The van der Waals surface area contributed by atoms with E-state index in [1.165, 1.54) is 10.7 Å². The molecule has 1 heterocycles. The predicted molar refractivity (Wildman–Crippen MR) is 95.3 cm³/mol. The summed E-state index contributed by atoms with van der Waals surface area (Å²) in [6.45, 7) is 9.27. The van der Waals surface area contributed by atoms with Gasteiger partial charge in [0.25, 0.3) is 6.43 Å². The first-order valence-electron chi connectivity index (χ1n) is 8.37. The van der Waals surface area contributed by atoms with E-state index in [2.05, 4.69) is 29.2 Å². The maximum atomic E-state index is 12.8. The van der Waals surface area contributed by atoms with E-state index in [1.807, 2.05) is 24.3 Å². The highest BCUT2D eigenvalue weighted by Gasteiger charge is 2.21. The van der Waals surface area contributed by atoms with Gasteiger partial charge in [0.2, 0.25) is 5.91 Å². The molecule has 0 aliphatic rings. The molecule has 7 heteroatoms. The van der Waals surface area contributed by atoms with E-state index in [4.69, 9.17) is 0 Å². The molecular formula is C18H24F2N4O. The number of carbonyl (C=O) groups is 1. The standard InChI is InChI=1S/C18H24F2N4O/c1-5-23(6-2)15-9-7-14(8-10-15)21-18(25)13(4)24-12(3)11-16(22-24)17(19)20/h7-11,13,17H,5-6H2,1-4H3,(H,21,25). The van der Waals surface area contributed by atoms with Gasteiger partial charge in [-0.2, -0.15) is 5.10 Å². The average molecular weight is 350 g/mol. The van der Waals surface area contributed by atoms with Gasteiger partial charge in [-0.05, 0) is 58.0 Å². The van der Waals surface area contributed by atoms with E-state index >= 15 is 0 Å². The Kier molecular flexibility index (Phi) is 6.12.